The summed E-state index contributed by atoms with van der Waals surface area (Å²) in [6.45, 7) is 3.68. The van der Waals surface area contributed by atoms with E-state index in [0.29, 0.717) is 6.61 Å². The molecule has 0 aromatic carbocycles. The van der Waals surface area contributed by atoms with E-state index in [0.717, 1.165) is 18.5 Å². The van der Waals surface area contributed by atoms with Gasteiger partial charge in [0.2, 0.25) is 0 Å². The molecule has 0 bridgehead atoms. The van der Waals surface area contributed by atoms with Crippen LogP contribution in [0.5, 0.6) is 0 Å². The van der Waals surface area contributed by atoms with E-state index >= 15 is 0 Å². The molecule has 5 heteroatoms. The van der Waals surface area contributed by atoms with Gasteiger partial charge in [-0.3, -0.25) is 0 Å². The van der Waals surface area contributed by atoms with Crippen LogP contribution in [0.3, 0.4) is 0 Å². The average molecular weight is 203 g/mol. The third-order valence-electron chi connectivity index (χ3n) is 1.39. The summed E-state index contributed by atoms with van der Waals surface area (Å²) in [6.07, 6.45) is 1.91. The first-order valence-corrected chi connectivity index (χ1v) is 5.50. The molecule has 75 valence electrons. The summed E-state index contributed by atoms with van der Waals surface area (Å²) in [4.78, 5) is 10.6. The van der Waals surface area contributed by atoms with Crippen LogP contribution in [-0.4, -0.2) is 36.1 Å². The van der Waals surface area contributed by atoms with Gasteiger partial charge >= 0.3 is 15.3 Å². The van der Waals surface area contributed by atoms with E-state index in [1.54, 1.807) is 14.2 Å². The van der Waals surface area contributed by atoms with E-state index in [1.807, 2.05) is 0 Å². The lowest BCUT2D eigenvalue weighted by atomic mass is 10.5. The highest BCUT2D eigenvalue weighted by Gasteiger charge is 2.11. The van der Waals surface area contributed by atoms with Crippen LogP contribution in [0.15, 0.2) is 12.7 Å². The van der Waals surface area contributed by atoms with E-state index in [4.69, 9.17) is 13.6 Å². The largest absolute Gasteiger partial charge is 0.463 e. The summed E-state index contributed by atoms with van der Waals surface area (Å²) in [5.74, 6) is -0.386. The Bertz CT molecular complexity index is 156. The van der Waals surface area contributed by atoms with Crippen LogP contribution >= 0.6 is 0 Å². The van der Waals surface area contributed by atoms with Crippen molar-refractivity contribution >= 4 is 15.3 Å². The van der Waals surface area contributed by atoms with Crippen molar-refractivity contribution in [2.75, 3.05) is 20.8 Å². The minimum Gasteiger partial charge on any atom is -0.463 e. The molecule has 0 rings (SSSR count). The van der Waals surface area contributed by atoms with E-state index in [1.165, 1.54) is 0 Å². The number of carbonyl (C=O) groups is 1. The van der Waals surface area contributed by atoms with Crippen LogP contribution < -0.4 is 0 Å². The summed E-state index contributed by atoms with van der Waals surface area (Å²) in [5.41, 5.74) is 0. The molecule has 13 heavy (non-hydrogen) atoms. The Morgan fingerprint density at radius 3 is 2.54 bits per heavy atom. The summed E-state index contributed by atoms with van der Waals surface area (Å²) in [7, 11) is 2.09. The molecule has 0 unspecified atom stereocenters. The number of hydrogen-bond acceptors (Lipinski definition) is 4. The fraction of sp³-hybridized carbons (Fsp3) is 0.625. The zero-order valence-corrected chi connectivity index (χ0v) is 9.04. The first kappa shape index (κ1) is 12.3. The quantitative estimate of drug-likeness (QED) is 0.267. The minimum absolute atomic E-state index is 0.386. The molecule has 0 saturated heterocycles. The lowest BCUT2D eigenvalue weighted by molar-refractivity contribution is -0.137. The molecule has 0 aromatic rings. The van der Waals surface area contributed by atoms with Crippen molar-refractivity contribution in [2.45, 2.75) is 12.5 Å². The van der Waals surface area contributed by atoms with Gasteiger partial charge < -0.3 is 13.6 Å². The Labute approximate surface area is 80.3 Å². The molecule has 0 aliphatic carbocycles. The zero-order valence-electron chi connectivity index (χ0n) is 8.04. The molecule has 0 N–H and O–H groups in total. The number of ether oxygens (including phenoxy) is 1. The summed E-state index contributed by atoms with van der Waals surface area (Å²) in [5, 5.41) is 0. The van der Waals surface area contributed by atoms with Crippen LogP contribution in [0, 0.1) is 0 Å². The predicted octanol–water partition coefficient (Wildman–Crippen LogP) is 0.887. The van der Waals surface area contributed by atoms with Gasteiger partial charge in [-0.05, 0) is 12.5 Å². The van der Waals surface area contributed by atoms with Gasteiger partial charge in [-0.2, -0.15) is 0 Å². The van der Waals surface area contributed by atoms with Gasteiger partial charge in [-0.1, -0.05) is 6.58 Å². The normalized spacial score (nSPS) is 10.1. The number of hydrogen-bond donors (Lipinski definition) is 0. The Morgan fingerprint density at radius 1 is 1.46 bits per heavy atom. The van der Waals surface area contributed by atoms with E-state index in [-0.39, 0.29) is 5.97 Å². The molecule has 0 spiro atoms. The molecule has 4 nitrogen and oxygen atoms in total. The second kappa shape index (κ2) is 7.97. The molecule has 0 aromatic heterocycles. The highest BCUT2D eigenvalue weighted by molar-refractivity contribution is 6.44. The third-order valence-corrected chi connectivity index (χ3v) is 3.06. The van der Waals surface area contributed by atoms with Crippen molar-refractivity contribution in [1.82, 2.24) is 0 Å². The number of esters is 1. The van der Waals surface area contributed by atoms with Crippen molar-refractivity contribution in [3.8, 4) is 0 Å². The molecular formula is C8H15O4Si. The van der Waals surface area contributed by atoms with Crippen LogP contribution in [-0.2, 0) is 18.4 Å². The Kier molecular flexibility index (Phi) is 7.57. The molecule has 0 atom stereocenters. The van der Waals surface area contributed by atoms with Crippen LogP contribution in [0.4, 0.5) is 0 Å². The van der Waals surface area contributed by atoms with Gasteiger partial charge in [0, 0.05) is 20.3 Å². The van der Waals surface area contributed by atoms with Gasteiger partial charge in [0.1, 0.15) is 0 Å². The maximum Gasteiger partial charge on any atom is 0.384 e. The molecule has 0 fully saturated rings. The third kappa shape index (κ3) is 6.50. The molecule has 1 radical (unpaired) electrons. The predicted molar refractivity (Wildman–Crippen MR) is 50.4 cm³/mol. The average Bonchev–Trinajstić information content (AvgIpc) is 2.18. The summed E-state index contributed by atoms with van der Waals surface area (Å²) < 4.78 is 14.9. The lowest BCUT2D eigenvalue weighted by Crippen LogP contribution is -2.19. The van der Waals surface area contributed by atoms with Crippen molar-refractivity contribution < 1.29 is 18.4 Å². The smallest absolute Gasteiger partial charge is 0.384 e. The number of carbonyl (C=O) groups excluding carboxylic acids is 1. The SMILES string of the molecule is C=CC(=O)OCCC[Si](OC)OC. The van der Waals surface area contributed by atoms with Gasteiger partial charge in [0.15, 0.2) is 0 Å². The van der Waals surface area contributed by atoms with Gasteiger partial charge in [0.05, 0.1) is 6.61 Å². The van der Waals surface area contributed by atoms with E-state index in [9.17, 15) is 4.79 Å². The Hall–Kier alpha value is -0.653. The molecule has 0 saturated carbocycles. The minimum atomic E-state index is -1.14. The second-order valence-corrected chi connectivity index (χ2v) is 4.32. The van der Waals surface area contributed by atoms with Crippen molar-refractivity contribution in [2.24, 2.45) is 0 Å². The molecule has 0 aliphatic heterocycles. The fourth-order valence-corrected chi connectivity index (χ4v) is 1.74. The first-order chi connectivity index (χ1) is 6.24. The van der Waals surface area contributed by atoms with Crippen LogP contribution in [0.25, 0.3) is 0 Å². The molecular weight excluding hydrogens is 188 g/mol. The monoisotopic (exact) mass is 203 g/mol. The Morgan fingerprint density at radius 2 is 2.08 bits per heavy atom. The fourth-order valence-electron chi connectivity index (χ4n) is 0.736. The lowest BCUT2D eigenvalue weighted by Gasteiger charge is -2.08. The van der Waals surface area contributed by atoms with E-state index < -0.39 is 9.28 Å². The maximum absolute atomic E-state index is 10.6. The van der Waals surface area contributed by atoms with Crippen molar-refractivity contribution in [3.05, 3.63) is 12.7 Å². The van der Waals surface area contributed by atoms with Gasteiger partial charge in [-0.15, -0.1) is 0 Å². The van der Waals surface area contributed by atoms with Gasteiger partial charge in [0.25, 0.3) is 0 Å². The first-order valence-electron chi connectivity index (χ1n) is 3.97. The topological polar surface area (TPSA) is 44.8 Å². The van der Waals surface area contributed by atoms with E-state index in [2.05, 4.69) is 6.58 Å². The maximum atomic E-state index is 10.6. The van der Waals surface area contributed by atoms with Gasteiger partial charge in [-0.25, -0.2) is 4.79 Å². The standard InChI is InChI=1S/C8H15O4Si/c1-4-8(9)12-6-5-7-13(10-2)11-3/h4H,1,5-7H2,2-3H3. The number of rotatable bonds is 7. The second-order valence-electron chi connectivity index (χ2n) is 2.26. The Balaban J connectivity index is 3.33. The molecule has 0 heterocycles. The van der Waals surface area contributed by atoms with Crippen LogP contribution in [0.2, 0.25) is 6.04 Å². The molecule has 0 amide bonds. The highest BCUT2D eigenvalue weighted by atomic mass is 28.3. The summed E-state index contributed by atoms with van der Waals surface area (Å²) >= 11 is 0. The van der Waals surface area contributed by atoms with Crippen molar-refractivity contribution in [3.63, 3.8) is 0 Å². The van der Waals surface area contributed by atoms with Crippen LogP contribution in [0.1, 0.15) is 6.42 Å². The zero-order chi connectivity index (χ0) is 10.1. The highest BCUT2D eigenvalue weighted by Crippen LogP contribution is 1.99. The summed E-state index contributed by atoms with van der Waals surface area (Å²) in [6, 6.07) is 0.808. The van der Waals surface area contributed by atoms with Crippen molar-refractivity contribution in [1.29, 1.82) is 0 Å². The molecule has 0 aliphatic rings.